The van der Waals surface area contributed by atoms with Crippen LogP contribution in [0.5, 0.6) is 5.75 Å². The van der Waals surface area contributed by atoms with Crippen LogP contribution in [0.25, 0.3) is 0 Å². The van der Waals surface area contributed by atoms with Gasteiger partial charge in [0.15, 0.2) is 0 Å². The van der Waals surface area contributed by atoms with Gasteiger partial charge in [0, 0.05) is 14.2 Å². The lowest BCUT2D eigenvalue weighted by Gasteiger charge is -2.14. The van der Waals surface area contributed by atoms with Crippen LogP contribution in [0.3, 0.4) is 0 Å². The molecule has 17 heavy (non-hydrogen) atoms. The minimum absolute atomic E-state index is 0.208. The van der Waals surface area contributed by atoms with Gasteiger partial charge in [-0.05, 0) is 47.4 Å². The molecule has 0 spiro atoms. The van der Waals surface area contributed by atoms with Gasteiger partial charge >= 0.3 is 0 Å². The van der Waals surface area contributed by atoms with Crippen LogP contribution < -0.4 is 10.1 Å². The summed E-state index contributed by atoms with van der Waals surface area (Å²) < 4.78 is 6.56. The summed E-state index contributed by atoms with van der Waals surface area (Å²) >= 11 is 7.09. The lowest BCUT2D eigenvalue weighted by Crippen LogP contribution is -2.15. The molecule has 0 amide bonds. The van der Waals surface area contributed by atoms with Crippen molar-refractivity contribution in [2.45, 2.75) is 13.0 Å². The second-order valence-electron chi connectivity index (χ2n) is 3.63. The molecule has 0 saturated heterocycles. The number of aryl methyl sites for hydroxylation is 1. The molecule has 2 aromatic rings. The van der Waals surface area contributed by atoms with E-state index in [1.165, 1.54) is 19.1 Å². The second kappa shape index (κ2) is 5.52. The van der Waals surface area contributed by atoms with E-state index in [4.69, 9.17) is 4.74 Å². The maximum atomic E-state index is 5.39. The normalized spacial score (nSPS) is 12.7. The number of hydrogen-bond acceptors (Lipinski definition) is 4. The molecule has 2 nitrogen and oxygen atoms in total. The highest BCUT2D eigenvalue weighted by Gasteiger charge is 2.20. The Kier molecular flexibility index (Phi) is 4.25. The zero-order valence-electron chi connectivity index (χ0n) is 9.91. The van der Waals surface area contributed by atoms with Crippen LogP contribution in [-0.4, -0.2) is 14.2 Å². The van der Waals surface area contributed by atoms with Crippen LogP contribution in [0.1, 0.15) is 20.7 Å². The molecule has 0 radical (unpaired) electrons. The van der Waals surface area contributed by atoms with Gasteiger partial charge in [-0.2, -0.15) is 0 Å². The van der Waals surface area contributed by atoms with Crippen molar-refractivity contribution < 1.29 is 4.74 Å². The van der Waals surface area contributed by atoms with E-state index in [2.05, 4.69) is 39.6 Å². The Morgan fingerprint density at radius 2 is 2.24 bits per heavy atom. The standard InChI is InChI=1S/C12H14BrNOS2/c1-7-8(13)6-10(17-7)11(14-2)12-9(15-3)4-5-16-12/h4-6,11,14H,1-3H3. The van der Waals surface area contributed by atoms with E-state index in [0.29, 0.717) is 0 Å². The number of hydrogen-bond donors (Lipinski definition) is 1. The number of methoxy groups -OCH3 is 1. The molecule has 0 aromatic carbocycles. The van der Waals surface area contributed by atoms with Crippen LogP contribution in [0.4, 0.5) is 0 Å². The SMILES string of the molecule is CNC(c1cc(Br)c(C)s1)c1sccc1OC. The summed E-state index contributed by atoms with van der Waals surface area (Å²) in [6.45, 7) is 2.12. The maximum absolute atomic E-state index is 5.39. The van der Waals surface area contributed by atoms with E-state index in [1.54, 1.807) is 29.8 Å². The predicted molar refractivity (Wildman–Crippen MR) is 78.5 cm³/mol. The zero-order chi connectivity index (χ0) is 12.4. The number of ether oxygens (including phenoxy) is 1. The van der Waals surface area contributed by atoms with Crippen LogP contribution in [-0.2, 0) is 0 Å². The molecule has 1 unspecified atom stereocenters. The van der Waals surface area contributed by atoms with E-state index in [0.717, 1.165) is 5.75 Å². The summed E-state index contributed by atoms with van der Waals surface area (Å²) in [7, 11) is 3.70. The van der Waals surface area contributed by atoms with Crippen molar-refractivity contribution in [2.24, 2.45) is 0 Å². The molecule has 1 atom stereocenters. The Balaban J connectivity index is 2.40. The Hall–Kier alpha value is -0.360. The third-order valence-electron chi connectivity index (χ3n) is 2.59. The first-order valence-electron chi connectivity index (χ1n) is 5.21. The fourth-order valence-electron chi connectivity index (χ4n) is 1.71. The molecule has 2 rings (SSSR count). The highest BCUT2D eigenvalue weighted by Crippen LogP contribution is 2.39. The van der Waals surface area contributed by atoms with Crippen molar-refractivity contribution in [1.82, 2.24) is 5.32 Å². The van der Waals surface area contributed by atoms with E-state index >= 15 is 0 Å². The fourth-order valence-corrected chi connectivity index (χ4v) is 4.46. The van der Waals surface area contributed by atoms with Gasteiger partial charge in [-0.1, -0.05) is 0 Å². The number of thiophene rings is 2. The lowest BCUT2D eigenvalue weighted by molar-refractivity contribution is 0.409. The average Bonchev–Trinajstić information content (AvgIpc) is 2.89. The minimum Gasteiger partial charge on any atom is -0.496 e. The molecule has 2 heterocycles. The topological polar surface area (TPSA) is 21.3 Å². The van der Waals surface area contributed by atoms with Crippen LogP contribution in [0, 0.1) is 6.92 Å². The summed E-state index contributed by atoms with van der Waals surface area (Å²) in [6, 6.07) is 4.40. The Bertz CT molecular complexity index is 487. The van der Waals surface area contributed by atoms with Crippen molar-refractivity contribution >= 4 is 38.6 Å². The first-order valence-corrected chi connectivity index (χ1v) is 7.70. The smallest absolute Gasteiger partial charge is 0.134 e. The first kappa shape index (κ1) is 13.1. The molecule has 2 aromatic heterocycles. The average molecular weight is 332 g/mol. The van der Waals surface area contributed by atoms with Gasteiger partial charge in [0.25, 0.3) is 0 Å². The summed E-state index contributed by atoms with van der Waals surface area (Å²) in [5, 5.41) is 5.42. The molecule has 0 saturated carbocycles. The quantitative estimate of drug-likeness (QED) is 0.906. The van der Waals surface area contributed by atoms with Crippen LogP contribution in [0.2, 0.25) is 0 Å². The molecule has 0 aliphatic rings. The minimum atomic E-state index is 0.208. The van der Waals surface area contributed by atoms with Crippen LogP contribution in [0.15, 0.2) is 22.0 Å². The van der Waals surface area contributed by atoms with Gasteiger partial charge in [-0.3, -0.25) is 0 Å². The van der Waals surface area contributed by atoms with E-state index in [-0.39, 0.29) is 6.04 Å². The van der Waals surface area contributed by atoms with Crippen molar-refractivity contribution in [2.75, 3.05) is 14.2 Å². The Morgan fingerprint density at radius 3 is 2.76 bits per heavy atom. The van der Waals surface area contributed by atoms with E-state index in [9.17, 15) is 0 Å². The lowest BCUT2D eigenvalue weighted by atomic mass is 10.2. The molecular weight excluding hydrogens is 318 g/mol. The molecule has 5 heteroatoms. The maximum Gasteiger partial charge on any atom is 0.134 e. The molecular formula is C12H14BrNOS2. The van der Waals surface area contributed by atoms with Gasteiger partial charge in [0.1, 0.15) is 5.75 Å². The number of rotatable bonds is 4. The zero-order valence-corrected chi connectivity index (χ0v) is 13.1. The molecule has 0 aliphatic heterocycles. The van der Waals surface area contributed by atoms with E-state index < -0.39 is 0 Å². The number of nitrogens with one attached hydrogen (secondary N) is 1. The summed E-state index contributed by atoms with van der Waals surface area (Å²) in [4.78, 5) is 3.83. The molecule has 0 aliphatic carbocycles. The van der Waals surface area contributed by atoms with Gasteiger partial charge in [0.2, 0.25) is 0 Å². The first-order chi connectivity index (χ1) is 8.17. The van der Waals surface area contributed by atoms with Crippen molar-refractivity contribution in [3.63, 3.8) is 0 Å². The van der Waals surface area contributed by atoms with Crippen LogP contribution >= 0.6 is 38.6 Å². The predicted octanol–water partition coefficient (Wildman–Crippen LogP) is 4.20. The van der Waals surface area contributed by atoms with E-state index in [1.807, 2.05) is 13.1 Å². The fraction of sp³-hybridized carbons (Fsp3) is 0.333. The monoisotopic (exact) mass is 331 g/mol. The third-order valence-corrected chi connectivity index (χ3v) is 5.75. The highest BCUT2D eigenvalue weighted by atomic mass is 79.9. The van der Waals surface area contributed by atoms with Gasteiger partial charge in [-0.15, -0.1) is 22.7 Å². The third kappa shape index (κ3) is 2.57. The summed E-state index contributed by atoms with van der Waals surface area (Å²) in [6.07, 6.45) is 0. The largest absolute Gasteiger partial charge is 0.496 e. The number of halogens is 1. The second-order valence-corrected chi connectivity index (χ2v) is 6.72. The molecule has 0 fully saturated rings. The highest BCUT2D eigenvalue weighted by molar-refractivity contribution is 9.10. The van der Waals surface area contributed by atoms with Crippen molar-refractivity contribution in [1.29, 1.82) is 0 Å². The summed E-state index contributed by atoms with van der Waals surface area (Å²) in [5.41, 5.74) is 0. The Morgan fingerprint density at radius 1 is 1.47 bits per heavy atom. The van der Waals surface area contributed by atoms with Gasteiger partial charge < -0.3 is 10.1 Å². The molecule has 1 N–H and O–H groups in total. The summed E-state index contributed by atoms with van der Waals surface area (Å²) in [5.74, 6) is 0.955. The van der Waals surface area contributed by atoms with Gasteiger partial charge in [-0.25, -0.2) is 0 Å². The van der Waals surface area contributed by atoms with Crippen molar-refractivity contribution in [3.8, 4) is 5.75 Å². The Labute approximate surface area is 118 Å². The molecule has 92 valence electrons. The van der Waals surface area contributed by atoms with Crippen molar-refractivity contribution in [3.05, 3.63) is 36.6 Å². The van der Waals surface area contributed by atoms with Gasteiger partial charge in [0.05, 0.1) is 18.0 Å². The molecule has 0 bridgehead atoms.